The highest BCUT2D eigenvalue weighted by molar-refractivity contribution is 5.95. The lowest BCUT2D eigenvalue weighted by molar-refractivity contribution is -0.154. The highest BCUT2D eigenvalue weighted by atomic mass is 16.7. The van der Waals surface area contributed by atoms with Gasteiger partial charge in [-0.2, -0.15) is 0 Å². The lowest BCUT2D eigenvalue weighted by Gasteiger charge is -2.43. The number of para-hydroxylation sites is 1. The van der Waals surface area contributed by atoms with Crippen LogP contribution in [0.15, 0.2) is 66.4 Å². The number of rotatable bonds is 9. The SMILES string of the molecule is COC(=O)c1ccc([C@@H]2C=C(C(=O)N3CCC4(CC3)C(=O)NCN4c3ccccc3)O[C@H](OCCCCO)C2)cc1. The molecule has 0 saturated carbocycles. The van der Waals surface area contributed by atoms with Gasteiger partial charge in [-0.25, -0.2) is 4.79 Å². The number of benzene rings is 2. The Morgan fingerprint density at radius 2 is 1.80 bits per heavy atom. The second kappa shape index (κ2) is 12.7. The quantitative estimate of drug-likeness (QED) is 0.353. The molecule has 0 aromatic heterocycles. The maximum Gasteiger partial charge on any atom is 0.337 e. The van der Waals surface area contributed by atoms with Crippen molar-refractivity contribution < 1.29 is 33.7 Å². The van der Waals surface area contributed by atoms with Gasteiger partial charge in [0.25, 0.3) is 5.91 Å². The molecular formula is C31H37N3O7. The predicted molar refractivity (Wildman–Crippen MR) is 151 cm³/mol. The Hall–Kier alpha value is -3.89. The van der Waals surface area contributed by atoms with Gasteiger partial charge >= 0.3 is 5.97 Å². The van der Waals surface area contributed by atoms with Crippen molar-refractivity contribution in [1.82, 2.24) is 10.2 Å². The first kappa shape index (κ1) is 28.6. The third-order valence-corrected chi connectivity index (χ3v) is 8.17. The Bertz CT molecular complexity index is 1260. The van der Waals surface area contributed by atoms with Crippen LogP contribution in [-0.2, 0) is 23.8 Å². The van der Waals surface area contributed by atoms with Gasteiger partial charge in [-0.05, 0) is 61.6 Å². The summed E-state index contributed by atoms with van der Waals surface area (Å²) in [5.74, 6) is -0.595. The molecule has 5 rings (SSSR count). The first-order valence-electron chi connectivity index (χ1n) is 14.1. The van der Waals surface area contributed by atoms with Crippen molar-refractivity contribution in [2.75, 3.05) is 45.0 Å². The first-order valence-corrected chi connectivity index (χ1v) is 14.1. The Morgan fingerprint density at radius 3 is 2.49 bits per heavy atom. The fourth-order valence-electron chi connectivity index (χ4n) is 5.82. The van der Waals surface area contributed by atoms with Crippen molar-refractivity contribution in [2.45, 2.75) is 49.9 Å². The molecule has 3 heterocycles. The van der Waals surface area contributed by atoms with Gasteiger partial charge in [-0.3, -0.25) is 9.59 Å². The third kappa shape index (κ3) is 6.08. The van der Waals surface area contributed by atoms with Gasteiger partial charge in [0.2, 0.25) is 12.2 Å². The highest BCUT2D eigenvalue weighted by Gasteiger charge is 2.51. The van der Waals surface area contributed by atoms with Crippen LogP contribution in [0.1, 0.15) is 53.9 Å². The number of unbranched alkanes of at least 4 members (excludes halogenated alkanes) is 1. The second-order valence-electron chi connectivity index (χ2n) is 10.6. The van der Waals surface area contributed by atoms with E-state index in [-0.39, 0.29) is 30.1 Å². The minimum Gasteiger partial charge on any atom is -0.465 e. The maximum absolute atomic E-state index is 13.7. The van der Waals surface area contributed by atoms with Gasteiger partial charge in [0, 0.05) is 37.7 Å². The normalized spacial score (nSPS) is 21.7. The summed E-state index contributed by atoms with van der Waals surface area (Å²) in [5, 5.41) is 12.1. The number of allylic oxidation sites excluding steroid dienone is 1. The van der Waals surface area contributed by atoms with Gasteiger partial charge in [0.1, 0.15) is 5.54 Å². The molecule has 3 aliphatic heterocycles. The van der Waals surface area contributed by atoms with E-state index in [4.69, 9.17) is 19.3 Å². The number of ether oxygens (including phenoxy) is 3. The minimum atomic E-state index is -0.692. The van der Waals surface area contributed by atoms with E-state index in [1.807, 2.05) is 48.5 Å². The van der Waals surface area contributed by atoms with Crippen LogP contribution in [0.2, 0.25) is 0 Å². The molecule has 1 spiro atoms. The lowest BCUT2D eigenvalue weighted by Crippen LogP contribution is -2.57. The van der Waals surface area contributed by atoms with Crippen LogP contribution in [-0.4, -0.2) is 79.7 Å². The Labute approximate surface area is 239 Å². The largest absolute Gasteiger partial charge is 0.465 e. The fraction of sp³-hybridized carbons (Fsp3) is 0.452. The number of carbonyl (C=O) groups excluding carboxylic acids is 3. The summed E-state index contributed by atoms with van der Waals surface area (Å²) in [6, 6.07) is 17.0. The summed E-state index contributed by atoms with van der Waals surface area (Å²) < 4.78 is 16.8. The second-order valence-corrected chi connectivity index (χ2v) is 10.6. The van der Waals surface area contributed by atoms with E-state index in [0.29, 0.717) is 64.0 Å². The van der Waals surface area contributed by atoms with Crippen LogP contribution in [0, 0.1) is 0 Å². The summed E-state index contributed by atoms with van der Waals surface area (Å²) in [6.07, 6.45) is 4.01. The number of amides is 2. The van der Waals surface area contributed by atoms with E-state index in [1.54, 1.807) is 17.0 Å². The average Bonchev–Trinajstić information content (AvgIpc) is 3.33. The molecule has 10 heteroatoms. The van der Waals surface area contributed by atoms with Crippen LogP contribution >= 0.6 is 0 Å². The zero-order chi connectivity index (χ0) is 28.8. The number of aliphatic hydroxyl groups excluding tert-OH is 1. The van der Waals surface area contributed by atoms with Gasteiger partial charge in [-0.1, -0.05) is 30.3 Å². The number of hydrogen-bond acceptors (Lipinski definition) is 8. The molecule has 2 aromatic rings. The van der Waals surface area contributed by atoms with Crippen LogP contribution in [0.5, 0.6) is 0 Å². The molecule has 2 N–H and O–H groups in total. The maximum atomic E-state index is 13.7. The van der Waals surface area contributed by atoms with Gasteiger partial charge in [-0.15, -0.1) is 0 Å². The number of anilines is 1. The minimum absolute atomic E-state index is 0.00612. The summed E-state index contributed by atoms with van der Waals surface area (Å²) in [4.78, 5) is 42.5. The molecule has 2 fully saturated rings. The Kier molecular flexibility index (Phi) is 8.90. The van der Waals surface area contributed by atoms with E-state index >= 15 is 0 Å². The van der Waals surface area contributed by atoms with E-state index in [2.05, 4.69) is 10.2 Å². The van der Waals surface area contributed by atoms with Crippen LogP contribution in [0.25, 0.3) is 0 Å². The van der Waals surface area contributed by atoms with Crippen LogP contribution in [0.3, 0.4) is 0 Å². The average molecular weight is 564 g/mol. The summed E-state index contributed by atoms with van der Waals surface area (Å²) in [6.45, 7) is 1.76. The third-order valence-electron chi connectivity index (χ3n) is 8.17. The molecule has 2 atom stereocenters. The van der Waals surface area contributed by atoms with Crippen molar-refractivity contribution in [3.8, 4) is 0 Å². The van der Waals surface area contributed by atoms with Crippen molar-refractivity contribution in [3.05, 3.63) is 77.6 Å². The van der Waals surface area contributed by atoms with Gasteiger partial charge in [0.05, 0.1) is 25.9 Å². The number of nitrogens with one attached hydrogen (secondary N) is 1. The van der Waals surface area contributed by atoms with Gasteiger partial charge in [0.15, 0.2) is 5.76 Å². The number of methoxy groups -OCH3 is 1. The molecular weight excluding hydrogens is 526 g/mol. The van der Waals surface area contributed by atoms with Gasteiger partial charge < -0.3 is 34.4 Å². The summed E-state index contributed by atoms with van der Waals surface area (Å²) in [5.41, 5.74) is 1.66. The molecule has 41 heavy (non-hydrogen) atoms. The zero-order valence-corrected chi connectivity index (χ0v) is 23.3. The highest BCUT2D eigenvalue weighted by Crippen LogP contribution is 2.38. The monoisotopic (exact) mass is 563 g/mol. The summed E-state index contributed by atoms with van der Waals surface area (Å²) in [7, 11) is 1.34. The molecule has 3 aliphatic rings. The molecule has 0 radical (unpaired) electrons. The molecule has 2 saturated heterocycles. The molecule has 10 nitrogen and oxygen atoms in total. The number of piperidine rings is 1. The molecule has 2 aromatic carbocycles. The number of nitrogens with zero attached hydrogens (tertiary/aromatic N) is 2. The number of esters is 1. The van der Waals surface area contributed by atoms with Crippen molar-refractivity contribution in [3.63, 3.8) is 0 Å². The topological polar surface area (TPSA) is 118 Å². The van der Waals surface area contributed by atoms with Crippen molar-refractivity contribution in [2.24, 2.45) is 0 Å². The number of aliphatic hydroxyl groups is 1. The molecule has 0 aliphatic carbocycles. The first-order chi connectivity index (χ1) is 19.9. The number of likely N-dealkylation sites (tertiary alicyclic amines) is 1. The smallest absolute Gasteiger partial charge is 0.337 e. The van der Waals surface area contributed by atoms with Crippen LogP contribution in [0.4, 0.5) is 5.69 Å². The fourth-order valence-corrected chi connectivity index (χ4v) is 5.82. The summed E-state index contributed by atoms with van der Waals surface area (Å²) >= 11 is 0. The molecule has 2 amide bonds. The standard InChI is InChI=1S/C31H37N3O7/c1-39-29(37)23-11-9-22(10-12-23)24-19-26(41-27(20-24)40-18-6-5-17-35)28(36)33-15-13-31(14-16-33)30(38)32-21-34(31)25-7-3-2-4-8-25/h2-4,7-12,19,24,27,35H,5-6,13-18,20-21H2,1H3,(H,32,38)/t24-,27+/m1/s1. The number of carbonyl (C=O) groups is 3. The lowest BCUT2D eigenvalue weighted by atomic mass is 9.85. The molecule has 218 valence electrons. The van der Waals surface area contributed by atoms with Crippen LogP contribution < -0.4 is 10.2 Å². The zero-order valence-electron chi connectivity index (χ0n) is 23.3. The van der Waals surface area contributed by atoms with E-state index < -0.39 is 17.8 Å². The predicted octanol–water partition coefficient (Wildman–Crippen LogP) is 2.93. The number of hydrogen-bond donors (Lipinski definition) is 2. The van der Waals surface area contributed by atoms with E-state index in [9.17, 15) is 14.4 Å². The Balaban J connectivity index is 1.31. The van der Waals surface area contributed by atoms with E-state index in [0.717, 1.165) is 11.3 Å². The molecule has 0 unspecified atom stereocenters. The van der Waals surface area contributed by atoms with E-state index in [1.165, 1.54) is 7.11 Å². The van der Waals surface area contributed by atoms with Crippen molar-refractivity contribution in [1.29, 1.82) is 0 Å². The van der Waals surface area contributed by atoms with Crippen molar-refractivity contribution >= 4 is 23.5 Å². The Morgan fingerprint density at radius 1 is 1.07 bits per heavy atom. The molecule has 0 bridgehead atoms.